The minimum absolute atomic E-state index is 0.173. The molecule has 1 atom stereocenters. The van der Waals surface area contributed by atoms with Gasteiger partial charge in [0.2, 0.25) is 0 Å². The molecule has 4 heteroatoms. The summed E-state index contributed by atoms with van der Waals surface area (Å²) in [6.07, 6.45) is 47.3. The van der Waals surface area contributed by atoms with Crippen molar-refractivity contribution in [2.75, 3.05) is 19.8 Å². The van der Waals surface area contributed by atoms with Gasteiger partial charge in [0.15, 0.2) is 0 Å². The van der Waals surface area contributed by atoms with Gasteiger partial charge >= 0.3 is 5.97 Å². The first-order valence-electron chi connectivity index (χ1n) is 18.7. The molecule has 0 heterocycles. The molecule has 0 fully saturated rings. The van der Waals surface area contributed by atoms with Gasteiger partial charge in [-0.1, -0.05) is 165 Å². The lowest BCUT2D eigenvalue weighted by atomic mass is 10.1. The molecule has 0 aromatic rings. The van der Waals surface area contributed by atoms with Crippen LogP contribution in [0.25, 0.3) is 0 Å². The summed E-state index contributed by atoms with van der Waals surface area (Å²) in [5, 5.41) is 9.54. The Balaban J connectivity index is 3.44. The molecule has 256 valence electrons. The third-order valence-electron chi connectivity index (χ3n) is 7.92. The molecule has 0 aliphatic rings. The van der Waals surface area contributed by atoms with Gasteiger partial charge < -0.3 is 14.6 Å². The minimum Gasteiger partial charge on any atom is -0.457 e. The number of carbonyl (C=O) groups is 1. The Morgan fingerprint density at radius 1 is 0.568 bits per heavy atom. The molecule has 0 rings (SSSR count). The Labute approximate surface area is 273 Å². The highest BCUT2D eigenvalue weighted by atomic mass is 16.6. The average molecular weight is 617 g/mol. The summed E-state index contributed by atoms with van der Waals surface area (Å²) in [5.41, 5.74) is 0. The zero-order chi connectivity index (χ0) is 32.0. The van der Waals surface area contributed by atoms with Gasteiger partial charge in [-0.3, -0.25) is 4.79 Å². The smallest absolute Gasteiger partial charge is 0.306 e. The van der Waals surface area contributed by atoms with E-state index in [2.05, 4.69) is 62.5 Å². The summed E-state index contributed by atoms with van der Waals surface area (Å²) < 4.78 is 11.1. The van der Waals surface area contributed by atoms with Crippen molar-refractivity contribution < 1.29 is 19.4 Å². The summed E-state index contributed by atoms with van der Waals surface area (Å²) in [7, 11) is 0. The van der Waals surface area contributed by atoms with Gasteiger partial charge in [-0.25, -0.2) is 0 Å². The van der Waals surface area contributed by atoms with Gasteiger partial charge in [0, 0.05) is 13.0 Å². The molecule has 44 heavy (non-hydrogen) atoms. The number of rotatable bonds is 34. The SMILES string of the molecule is CC/C=C\C/C=C\C/C=C\C/C=C\CCCCCCCCCCCOCC(CO)OC(=O)CCCCCCCCCCCC. The number of ether oxygens (including phenoxy) is 2. The van der Waals surface area contributed by atoms with Crippen LogP contribution < -0.4 is 0 Å². The maximum Gasteiger partial charge on any atom is 0.306 e. The van der Waals surface area contributed by atoms with Crippen molar-refractivity contribution in [3.63, 3.8) is 0 Å². The third kappa shape index (κ3) is 34.8. The molecule has 0 radical (unpaired) electrons. The predicted molar refractivity (Wildman–Crippen MR) is 191 cm³/mol. The standard InChI is InChI=1S/C40H72O4/c1-3-5-7-9-11-13-15-16-17-18-19-20-21-22-23-24-25-26-28-30-32-34-36-43-38-39(37-41)44-40(42)35-33-31-29-27-14-12-10-8-6-4-2/h5,7,11,13,16-17,19-20,39,41H,3-4,6,8-10,12,14-15,18,21-38H2,1-2H3/b7-5-,13-11-,17-16-,20-19-. The average Bonchev–Trinajstić information content (AvgIpc) is 3.03. The number of carbonyl (C=O) groups excluding carboxylic acids is 1. The maximum absolute atomic E-state index is 12.1. The maximum atomic E-state index is 12.1. The van der Waals surface area contributed by atoms with Crippen LogP contribution in [0, 0.1) is 0 Å². The molecule has 0 saturated carbocycles. The van der Waals surface area contributed by atoms with Crippen LogP contribution in [0.2, 0.25) is 0 Å². The van der Waals surface area contributed by atoms with Crippen LogP contribution in [0.3, 0.4) is 0 Å². The summed E-state index contributed by atoms with van der Waals surface area (Å²) in [4.78, 5) is 12.1. The fraction of sp³-hybridized carbons (Fsp3) is 0.775. The van der Waals surface area contributed by atoms with Crippen molar-refractivity contribution in [3.8, 4) is 0 Å². The first-order valence-corrected chi connectivity index (χ1v) is 18.7. The summed E-state index contributed by atoms with van der Waals surface area (Å²) in [6.45, 7) is 5.21. The quantitative estimate of drug-likeness (QED) is 0.0444. The van der Waals surface area contributed by atoms with Crippen LogP contribution >= 0.6 is 0 Å². The Hall–Kier alpha value is -1.65. The second-order valence-corrected chi connectivity index (χ2v) is 12.3. The molecule has 0 aromatic heterocycles. The molecule has 0 saturated heterocycles. The Bertz CT molecular complexity index is 693. The molecule has 0 aromatic carbocycles. The van der Waals surface area contributed by atoms with E-state index in [0.29, 0.717) is 19.6 Å². The number of allylic oxidation sites excluding steroid dienone is 8. The predicted octanol–water partition coefficient (Wildman–Crippen LogP) is 11.9. The highest BCUT2D eigenvalue weighted by Gasteiger charge is 2.13. The van der Waals surface area contributed by atoms with Crippen LogP contribution in [0.1, 0.15) is 174 Å². The van der Waals surface area contributed by atoms with Crippen molar-refractivity contribution in [1.82, 2.24) is 0 Å². The highest BCUT2D eigenvalue weighted by Crippen LogP contribution is 2.13. The van der Waals surface area contributed by atoms with Gasteiger partial charge in [-0.15, -0.1) is 0 Å². The van der Waals surface area contributed by atoms with Crippen molar-refractivity contribution in [3.05, 3.63) is 48.6 Å². The summed E-state index contributed by atoms with van der Waals surface area (Å²) >= 11 is 0. The number of aliphatic hydroxyl groups is 1. The van der Waals surface area contributed by atoms with Crippen LogP contribution in [-0.4, -0.2) is 37.0 Å². The van der Waals surface area contributed by atoms with Gasteiger partial charge in [0.1, 0.15) is 6.10 Å². The van der Waals surface area contributed by atoms with E-state index in [9.17, 15) is 9.90 Å². The lowest BCUT2D eigenvalue weighted by molar-refractivity contribution is -0.154. The van der Waals surface area contributed by atoms with E-state index in [0.717, 1.165) is 44.9 Å². The van der Waals surface area contributed by atoms with E-state index in [1.165, 1.54) is 109 Å². The van der Waals surface area contributed by atoms with Gasteiger partial charge in [-0.2, -0.15) is 0 Å². The Kier molecular flexibility index (Phi) is 36.1. The monoisotopic (exact) mass is 617 g/mol. The molecular formula is C40H72O4. The zero-order valence-corrected chi connectivity index (χ0v) is 29.2. The van der Waals surface area contributed by atoms with Crippen LogP contribution in [0.15, 0.2) is 48.6 Å². The molecule has 0 aliphatic carbocycles. The largest absolute Gasteiger partial charge is 0.457 e. The number of aliphatic hydroxyl groups excluding tert-OH is 1. The molecule has 0 aliphatic heterocycles. The number of esters is 1. The van der Waals surface area contributed by atoms with Crippen molar-refractivity contribution >= 4 is 5.97 Å². The van der Waals surface area contributed by atoms with Crippen molar-refractivity contribution in [2.45, 2.75) is 180 Å². The molecule has 0 amide bonds. The molecular weight excluding hydrogens is 544 g/mol. The van der Waals surface area contributed by atoms with Crippen LogP contribution in [0.4, 0.5) is 0 Å². The fourth-order valence-corrected chi connectivity index (χ4v) is 5.14. The van der Waals surface area contributed by atoms with E-state index in [4.69, 9.17) is 9.47 Å². The van der Waals surface area contributed by atoms with E-state index in [-0.39, 0.29) is 12.6 Å². The minimum atomic E-state index is -0.534. The van der Waals surface area contributed by atoms with Crippen LogP contribution in [-0.2, 0) is 14.3 Å². The van der Waals surface area contributed by atoms with Gasteiger partial charge in [0.05, 0.1) is 13.2 Å². The second kappa shape index (κ2) is 37.5. The van der Waals surface area contributed by atoms with E-state index in [1.54, 1.807) is 0 Å². The molecule has 0 bridgehead atoms. The van der Waals surface area contributed by atoms with E-state index in [1.807, 2.05) is 0 Å². The molecule has 4 nitrogen and oxygen atoms in total. The highest BCUT2D eigenvalue weighted by molar-refractivity contribution is 5.69. The summed E-state index contributed by atoms with van der Waals surface area (Å²) in [5.74, 6) is -0.207. The van der Waals surface area contributed by atoms with Crippen molar-refractivity contribution in [1.29, 1.82) is 0 Å². The van der Waals surface area contributed by atoms with Gasteiger partial charge in [-0.05, 0) is 51.4 Å². The third-order valence-corrected chi connectivity index (χ3v) is 7.92. The summed E-state index contributed by atoms with van der Waals surface area (Å²) in [6, 6.07) is 0. The van der Waals surface area contributed by atoms with Gasteiger partial charge in [0.25, 0.3) is 0 Å². The number of hydrogen-bond acceptors (Lipinski definition) is 4. The first kappa shape index (κ1) is 42.3. The van der Waals surface area contributed by atoms with Crippen LogP contribution in [0.5, 0.6) is 0 Å². The van der Waals surface area contributed by atoms with E-state index >= 15 is 0 Å². The topological polar surface area (TPSA) is 55.8 Å². The fourth-order valence-electron chi connectivity index (χ4n) is 5.14. The second-order valence-electron chi connectivity index (χ2n) is 12.3. The number of hydrogen-bond donors (Lipinski definition) is 1. The lowest BCUT2D eigenvalue weighted by Crippen LogP contribution is -2.27. The Morgan fingerprint density at radius 2 is 1.02 bits per heavy atom. The van der Waals surface area contributed by atoms with E-state index < -0.39 is 6.10 Å². The zero-order valence-electron chi connectivity index (χ0n) is 29.2. The normalized spacial score (nSPS) is 12.9. The Morgan fingerprint density at radius 3 is 1.55 bits per heavy atom. The first-order chi connectivity index (χ1) is 21.7. The molecule has 0 spiro atoms. The van der Waals surface area contributed by atoms with Crippen molar-refractivity contribution in [2.24, 2.45) is 0 Å². The molecule has 1 unspecified atom stereocenters. The number of unbranched alkanes of at least 4 members (excludes halogenated alkanes) is 18. The lowest BCUT2D eigenvalue weighted by Gasteiger charge is -2.16. The molecule has 1 N–H and O–H groups in total.